The molecule has 2 N–H and O–H groups in total. The van der Waals surface area contributed by atoms with E-state index in [1.807, 2.05) is 0 Å². The first-order chi connectivity index (χ1) is 13.0. The van der Waals surface area contributed by atoms with Gasteiger partial charge in [0.15, 0.2) is 9.84 Å². The first-order valence-corrected chi connectivity index (χ1v) is 10.1. The average Bonchev–Trinajstić information content (AvgIpc) is 3.17. The zero-order valence-corrected chi connectivity index (χ0v) is 15.3. The Bertz CT molecular complexity index is 1190. The van der Waals surface area contributed by atoms with Gasteiger partial charge in [0.25, 0.3) is 0 Å². The molecule has 1 aromatic carbocycles. The van der Waals surface area contributed by atoms with Gasteiger partial charge in [-0.05, 0) is 46.1 Å². The lowest BCUT2D eigenvalue weighted by Crippen LogP contribution is -2.25. The van der Waals surface area contributed by atoms with Gasteiger partial charge in [0.2, 0.25) is 0 Å². The van der Waals surface area contributed by atoms with Gasteiger partial charge < -0.3 is 10.1 Å². The number of fused-ring (bicyclic) bond motifs is 1. The predicted molar refractivity (Wildman–Crippen MR) is 97.2 cm³/mol. The molecule has 24 heavy (non-hydrogen) atoms. The van der Waals surface area contributed by atoms with Gasteiger partial charge in [-0.25, -0.2) is 8.42 Å². The number of hydrogen-bond acceptors (Lipinski definition) is 4. The van der Waals surface area contributed by atoms with E-state index < -0.39 is 27.5 Å². The van der Waals surface area contributed by atoms with E-state index in [2.05, 4.69) is 20.9 Å². The topological polar surface area (TPSA) is 87.2 Å². The molecule has 0 fully saturated rings. The number of benzene rings is 1. The van der Waals surface area contributed by atoms with Gasteiger partial charge in [-0.3, -0.25) is 4.79 Å². The summed E-state index contributed by atoms with van der Waals surface area (Å²) in [5, 5.41) is 9.85. The van der Waals surface area contributed by atoms with Gasteiger partial charge in [0.1, 0.15) is 4.21 Å². The lowest BCUT2D eigenvalue weighted by molar-refractivity contribution is -0.140. The molecule has 5 nitrogen and oxygen atoms in total. The highest BCUT2D eigenvalue weighted by atomic mass is 79.9. The van der Waals surface area contributed by atoms with E-state index >= 15 is 0 Å². The third-order valence-electron chi connectivity index (χ3n) is 3.48. The largest absolute Gasteiger partial charge is 0.481 e. The summed E-state index contributed by atoms with van der Waals surface area (Å²) in [6.07, 6.45) is -0.410. The number of nitrogens with one attached hydrogen (secondary N) is 1. The second-order valence-corrected chi connectivity index (χ2v) is 9.86. The highest BCUT2D eigenvalue weighted by Crippen LogP contribution is 2.29. The molecule has 0 bridgehead atoms. The standard InChI is InChI=1S/C16H14BrNO4S2/c17-14-5-6-15(23-14)24(21,22)9-11(16(19)20)7-10-8-18-13-4-2-1-3-12(10)13/h1-6,8,11,18H,7,9H2,(H,19,20)/t11-/m0/s1/i1D,2D,4D,8D. The fourth-order valence-electron chi connectivity index (χ4n) is 2.32. The van der Waals surface area contributed by atoms with Crippen molar-refractivity contribution in [2.45, 2.75) is 10.6 Å². The van der Waals surface area contributed by atoms with Gasteiger partial charge in [0.05, 0.1) is 20.9 Å². The molecule has 0 radical (unpaired) electrons. The number of carboxylic acids is 1. The zero-order chi connectivity index (χ0) is 20.8. The van der Waals surface area contributed by atoms with Crippen molar-refractivity contribution in [3.8, 4) is 0 Å². The van der Waals surface area contributed by atoms with Gasteiger partial charge >= 0.3 is 5.97 Å². The number of rotatable bonds is 6. The lowest BCUT2D eigenvalue weighted by Gasteiger charge is -2.11. The van der Waals surface area contributed by atoms with Gasteiger partial charge in [-0.2, -0.15) is 0 Å². The second-order valence-electron chi connectivity index (χ2n) is 5.14. The van der Waals surface area contributed by atoms with Crippen molar-refractivity contribution in [1.29, 1.82) is 0 Å². The molecule has 0 amide bonds. The van der Waals surface area contributed by atoms with Crippen LogP contribution in [0.3, 0.4) is 0 Å². The molecule has 0 aliphatic rings. The number of H-pyrrole nitrogens is 1. The van der Waals surface area contributed by atoms with Crippen LogP contribution in [-0.2, 0) is 21.1 Å². The number of hydrogen-bond donors (Lipinski definition) is 2. The van der Waals surface area contributed by atoms with Gasteiger partial charge in [-0.1, -0.05) is 18.2 Å². The number of aliphatic carboxylic acids is 1. The fraction of sp³-hybridized carbons (Fsp3) is 0.188. The third-order valence-corrected chi connectivity index (χ3v) is 7.50. The minimum absolute atomic E-state index is 0.0522. The van der Waals surface area contributed by atoms with Crippen molar-refractivity contribution in [2.24, 2.45) is 5.92 Å². The maximum Gasteiger partial charge on any atom is 0.307 e. The Morgan fingerprint density at radius 3 is 2.83 bits per heavy atom. The third kappa shape index (κ3) is 3.55. The van der Waals surface area contributed by atoms with E-state index in [9.17, 15) is 18.3 Å². The molecule has 2 heterocycles. The number of halogens is 1. The Morgan fingerprint density at radius 2 is 2.17 bits per heavy atom. The lowest BCUT2D eigenvalue weighted by atomic mass is 10.0. The first-order valence-electron chi connectivity index (χ1n) is 8.80. The molecule has 126 valence electrons. The van der Waals surface area contributed by atoms with Crippen molar-refractivity contribution in [1.82, 2.24) is 4.98 Å². The molecule has 0 saturated heterocycles. The highest BCUT2D eigenvalue weighted by Gasteiger charge is 2.28. The second kappa shape index (κ2) is 6.70. The van der Waals surface area contributed by atoms with E-state index in [1.54, 1.807) is 6.07 Å². The zero-order valence-electron chi connectivity index (χ0n) is 16.1. The summed E-state index contributed by atoms with van der Waals surface area (Å²) in [5.74, 6) is -3.27. The van der Waals surface area contributed by atoms with Crippen LogP contribution in [-0.4, -0.2) is 30.2 Å². The molecule has 0 aliphatic carbocycles. The predicted octanol–water partition coefficient (Wildman–Crippen LogP) is 3.71. The van der Waals surface area contributed by atoms with E-state index in [4.69, 9.17) is 5.48 Å². The van der Waals surface area contributed by atoms with Crippen molar-refractivity contribution in [3.05, 3.63) is 51.8 Å². The fourth-order valence-corrected chi connectivity index (χ4v) is 5.98. The maximum absolute atomic E-state index is 12.6. The molecule has 3 aromatic rings. The normalized spacial score (nSPS) is 15.5. The summed E-state index contributed by atoms with van der Waals surface area (Å²) in [5.41, 5.74) is 0.377. The molecule has 8 heteroatoms. The first kappa shape index (κ1) is 12.7. The van der Waals surface area contributed by atoms with Crippen LogP contribution in [0.5, 0.6) is 0 Å². The molecule has 3 rings (SSSR count). The van der Waals surface area contributed by atoms with Crippen molar-refractivity contribution in [3.63, 3.8) is 0 Å². The Kier molecular flexibility index (Phi) is 3.54. The number of para-hydroxylation sites is 1. The number of aromatic amines is 1. The molecular formula is C16H14BrNO4S2. The Labute approximate surface area is 157 Å². The Hall–Kier alpha value is -1.64. The van der Waals surface area contributed by atoms with E-state index in [1.165, 1.54) is 12.1 Å². The maximum atomic E-state index is 12.6. The molecule has 0 spiro atoms. The number of carbonyl (C=O) groups is 1. The molecule has 0 saturated carbocycles. The summed E-state index contributed by atoms with van der Waals surface area (Å²) < 4.78 is 57.3. The average molecular weight is 432 g/mol. The smallest absolute Gasteiger partial charge is 0.307 e. The Morgan fingerprint density at radius 1 is 1.38 bits per heavy atom. The van der Waals surface area contributed by atoms with Crippen LogP contribution in [0.1, 0.15) is 11.0 Å². The summed E-state index contributed by atoms with van der Waals surface area (Å²) >= 11 is 4.17. The SMILES string of the molecule is [2H]c1cc2c(C[C@@H](CS(=O)(=O)c3ccc(Br)s3)C(=O)O)c([2H])[nH]c2c([2H])c1[2H]. The van der Waals surface area contributed by atoms with Crippen LogP contribution in [0.2, 0.25) is 0 Å². The van der Waals surface area contributed by atoms with Crippen LogP contribution in [0.4, 0.5) is 0 Å². The van der Waals surface area contributed by atoms with Crippen molar-refractivity contribution in [2.75, 3.05) is 5.75 Å². The number of sulfone groups is 1. The van der Waals surface area contributed by atoms with E-state index in [0.29, 0.717) is 9.17 Å². The summed E-state index contributed by atoms with van der Waals surface area (Å²) in [4.78, 5) is 14.4. The van der Waals surface area contributed by atoms with Crippen LogP contribution < -0.4 is 0 Å². The van der Waals surface area contributed by atoms with E-state index in [0.717, 1.165) is 11.3 Å². The highest BCUT2D eigenvalue weighted by molar-refractivity contribution is 9.11. The summed E-state index contributed by atoms with van der Waals surface area (Å²) in [6, 6.07) is 3.48. The van der Waals surface area contributed by atoms with Crippen LogP contribution >= 0.6 is 27.3 Å². The number of carboxylic acid groups (broad SMARTS) is 1. The molecular weight excluding hydrogens is 414 g/mol. The molecule has 0 aliphatic heterocycles. The minimum atomic E-state index is -3.84. The minimum Gasteiger partial charge on any atom is -0.481 e. The monoisotopic (exact) mass is 431 g/mol. The number of aromatic nitrogens is 1. The molecule has 1 atom stereocenters. The van der Waals surface area contributed by atoms with Gasteiger partial charge in [-0.15, -0.1) is 11.3 Å². The van der Waals surface area contributed by atoms with E-state index in [-0.39, 0.29) is 46.0 Å². The van der Waals surface area contributed by atoms with Crippen LogP contribution in [0.15, 0.2) is 50.5 Å². The quantitative estimate of drug-likeness (QED) is 0.622. The number of thiophene rings is 1. The summed E-state index contributed by atoms with van der Waals surface area (Å²) in [7, 11) is -3.84. The van der Waals surface area contributed by atoms with Gasteiger partial charge in [0, 0.05) is 17.1 Å². The Balaban J connectivity index is 2.00. The van der Waals surface area contributed by atoms with Crippen molar-refractivity contribution < 1.29 is 23.8 Å². The molecule has 2 aromatic heterocycles. The van der Waals surface area contributed by atoms with Crippen molar-refractivity contribution >= 4 is 54.0 Å². The van der Waals surface area contributed by atoms with Crippen LogP contribution in [0, 0.1) is 5.92 Å². The van der Waals surface area contributed by atoms with Crippen LogP contribution in [0.25, 0.3) is 10.9 Å². The summed E-state index contributed by atoms with van der Waals surface area (Å²) in [6.45, 7) is 0. The molecule has 0 unspecified atom stereocenters.